The standard InChI is InChI=1S/C17H23N5O3/c1-12-9-14(19-25-12)10-21-3-4-22-11-15(18-16(22)13(21)2)17(23)20-5-7-24-8-6-20/h9,11,13H,3-8,10H2,1-2H3. The van der Waals surface area contributed by atoms with Crippen molar-refractivity contribution < 1.29 is 14.1 Å². The maximum absolute atomic E-state index is 12.7. The number of amides is 1. The van der Waals surface area contributed by atoms with Crippen molar-refractivity contribution in [3.8, 4) is 0 Å². The van der Waals surface area contributed by atoms with Gasteiger partial charge in [0.25, 0.3) is 5.91 Å². The van der Waals surface area contributed by atoms with E-state index >= 15 is 0 Å². The van der Waals surface area contributed by atoms with Crippen molar-refractivity contribution in [3.05, 3.63) is 35.2 Å². The summed E-state index contributed by atoms with van der Waals surface area (Å²) in [5.74, 6) is 1.75. The molecule has 2 aromatic heterocycles. The van der Waals surface area contributed by atoms with Gasteiger partial charge < -0.3 is 18.7 Å². The smallest absolute Gasteiger partial charge is 0.274 e. The highest BCUT2D eigenvalue weighted by molar-refractivity contribution is 5.92. The number of ether oxygens (including phenoxy) is 1. The maximum atomic E-state index is 12.7. The molecule has 1 unspecified atom stereocenters. The lowest BCUT2D eigenvalue weighted by Crippen LogP contribution is -2.40. The lowest BCUT2D eigenvalue weighted by Gasteiger charge is -2.32. The Kier molecular flexibility index (Phi) is 4.30. The van der Waals surface area contributed by atoms with Crippen molar-refractivity contribution in [2.75, 3.05) is 32.8 Å². The molecular formula is C17H23N5O3. The topological polar surface area (TPSA) is 76.6 Å². The molecule has 2 aliphatic heterocycles. The van der Waals surface area contributed by atoms with Crippen LogP contribution in [0.15, 0.2) is 16.8 Å². The summed E-state index contributed by atoms with van der Waals surface area (Å²) in [5.41, 5.74) is 1.46. The molecule has 4 heterocycles. The quantitative estimate of drug-likeness (QED) is 0.833. The zero-order chi connectivity index (χ0) is 17.4. The van der Waals surface area contributed by atoms with E-state index < -0.39 is 0 Å². The van der Waals surface area contributed by atoms with Crippen LogP contribution < -0.4 is 0 Å². The predicted octanol–water partition coefficient (Wildman–Crippen LogP) is 1.23. The zero-order valence-corrected chi connectivity index (χ0v) is 14.6. The Bertz CT molecular complexity index is 762. The molecule has 8 heteroatoms. The van der Waals surface area contributed by atoms with Gasteiger partial charge >= 0.3 is 0 Å². The Morgan fingerprint density at radius 2 is 2.08 bits per heavy atom. The summed E-state index contributed by atoms with van der Waals surface area (Å²) >= 11 is 0. The third kappa shape index (κ3) is 3.19. The lowest BCUT2D eigenvalue weighted by molar-refractivity contribution is 0.0299. The molecule has 134 valence electrons. The number of aryl methyl sites for hydroxylation is 1. The second-order valence-electron chi connectivity index (χ2n) is 6.66. The van der Waals surface area contributed by atoms with Gasteiger partial charge in [0.1, 0.15) is 17.3 Å². The van der Waals surface area contributed by atoms with Gasteiger partial charge in [-0.1, -0.05) is 5.16 Å². The molecule has 0 aliphatic carbocycles. The zero-order valence-electron chi connectivity index (χ0n) is 14.6. The Morgan fingerprint density at radius 1 is 1.28 bits per heavy atom. The van der Waals surface area contributed by atoms with Gasteiger partial charge in [0.05, 0.1) is 24.9 Å². The van der Waals surface area contributed by atoms with E-state index in [1.54, 1.807) is 0 Å². The first kappa shape index (κ1) is 16.3. The van der Waals surface area contributed by atoms with E-state index in [2.05, 4.69) is 26.5 Å². The fourth-order valence-corrected chi connectivity index (χ4v) is 3.48. The average Bonchev–Trinajstić information content (AvgIpc) is 3.24. The minimum absolute atomic E-state index is 0.00363. The van der Waals surface area contributed by atoms with Crippen LogP contribution in [0.2, 0.25) is 0 Å². The average molecular weight is 345 g/mol. The largest absolute Gasteiger partial charge is 0.378 e. The van der Waals surface area contributed by atoms with Crippen LogP contribution in [0.3, 0.4) is 0 Å². The van der Waals surface area contributed by atoms with Crippen LogP contribution >= 0.6 is 0 Å². The minimum atomic E-state index is -0.00363. The molecule has 0 N–H and O–H groups in total. The van der Waals surface area contributed by atoms with Crippen molar-refractivity contribution in [2.45, 2.75) is 33.0 Å². The fraction of sp³-hybridized carbons (Fsp3) is 0.588. The summed E-state index contributed by atoms with van der Waals surface area (Å²) in [6.45, 7) is 8.91. The van der Waals surface area contributed by atoms with Gasteiger partial charge in [-0.05, 0) is 13.8 Å². The van der Waals surface area contributed by atoms with Crippen molar-refractivity contribution in [2.24, 2.45) is 0 Å². The van der Waals surface area contributed by atoms with E-state index in [1.165, 1.54) is 0 Å². The van der Waals surface area contributed by atoms with Crippen LogP contribution in [-0.4, -0.2) is 63.3 Å². The van der Waals surface area contributed by atoms with E-state index in [1.807, 2.05) is 24.1 Å². The van der Waals surface area contributed by atoms with E-state index in [9.17, 15) is 4.79 Å². The summed E-state index contributed by atoms with van der Waals surface area (Å²) < 4.78 is 12.6. The highest BCUT2D eigenvalue weighted by Gasteiger charge is 2.29. The Labute approximate surface area is 146 Å². The number of aromatic nitrogens is 3. The molecule has 1 fully saturated rings. The Balaban J connectivity index is 1.50. The van der Waals surface area contributed by atoms with E-state index in [-0.39, 0.29) is 11.9 Å². The van der Waals surface area contributed by atoms with Crippen molar-refractivity contribution >= 4 is 5.91 Å². The first-order chi connectivity index (χ1) is 12.1. The molecule has 4 rings (SSSR count). The van der Waals surface area contributed by atoms with Crippen LogP contribution in [0.1, 0.15) is 40.7 Å². The van der Waals surface area contributed by atoms with Crippen LogP contribution in [0.25, 0.3) is 0 Å². The number of carbonyl (C=O) groups excluding carboxylic acids is 1. The normalized spacial score (nSPS) is 21.4. The molecule has 1 saturated heterocycles. The van der Waals surface area contributed by atoms with Crippen LogP contribution in [-0.2, 0) is 17.8 Å². The number of nitrogens with zero attached hydrogens (tertiary/aromatic N) is 5. The minimum Gasteiger partial charge on any atom is -0.378 e. The molecule has 0 aromatic carbocycles. The van der Waals surface area contributed by atoms with E-state index in [0.717, 1.165) is 36.9 Å². The van der Waals surface area contributed by atoms with Gasteiger partial charge in [-0.2, -0.15) is 0 Å². The van der Waals surface area contributed by atoms with Crippen molar-refractivity contribution in [1.29, 1.82) is 0 Å². The SMILES string of the molecule is Cc1cc(CN2CCn3cc(C(=O)N4CCOCC4)nc3C2C)no1. The first-order valence-corrected chi connectivity index (χ1v) is 8.72. The number of morpholine rings is 1. The number of carbonyl (C=O) groups is 1. The first-order valence-electron chi connectivity index (χ1n) is 8.72. The number of imidazole rings is 1. The maximum Gasteiger partial charge on any atom is 0.274 e. The fourth-order valence-electron chi connectivity index (χ4n) is 3.48. The molecule has 0 saturated carbocycles. The van der Waals surface area contributed by atoms with Crippen LogP contribution in [0.5, 0.6) is 0 Å². The molecule has 2 aliphatic rings. The van der Waals surface area contributed by atoms with Gasteiger partial charge in [-0.15, -0.1) is 0 Å². The molecule has 0 spiro atoms. The van der Waals surface area contributed by atoms with Crippen molar-refractivity contribution in [3.63, 3.8) is 0 Å². The second kappa shape index (κ2) is 6.61. The Morgan fingerprint density at radius 3 is 2.80 bits per heavy atom. The van der Waals surface area contributed by atoms with Crippen molar-refractivity contribution in [1.82, 2.24) is 24.5 Å². The molecule has 8 nitrogen and oxygen atoms in total. The third-order valence-electron chi connectivity index (χ3n) is 4.92. The molecule has 2 aromatic rings. The highest BCUT2D eigenvalue weighted by atomic mass is 16.5. The number of fused-ring (bicyclic) bond motifs is 1. The summed E-state index contributed by atoms with van der Waals surface area (Å²) in [6, 6.07) is 2.08. The predicted molar refractivity (Wildman–Crippen MR) is 89.0 cm³/mol. The summed E-state index contributed by atoms with van der Waals surface area (Å²) in [4.78, 5) is 21.4. The summed E-state index contributed by atoms with van der Waals surface area (Å²) in [5, 5.41) is 4.08. The number of rotatable bonds is 3. The van der Waals surface area contributed by atoms with E-state index in [4.69, 9.17) is 9.26 Å². The molecule has 0 radical (unpaired) electrons. The van der Waals surface area contributed by atoms with Gasteiger partial charge in [0, 0.05) is 45.0 Å². The van der Waals surface area contributed by atoms with Crippen LogP contribution in [0.4, 0.5) is 0 Å². The molecular weight excluding hydrogens is 322 g/mol. The second-order valence-corrected chi connectivity index (χ2v) is 6.66. The molecule has 1 amide bonds. The Hall–Kier alpha value is -2.19. The summed E-state index contributed by atoms with van der Waals surface area (Å²) in [7, 11) is 0. The van der Waals surface area contributed by atoms with Crippen LogP contribution in [0, 0.1) is 6.92 Å². The van der Waals surface area contributed by atoms with Gasteiger partial charge in [0.15, 0.2) is 0 Å². The number of hydrogen-bond acceptors (Lipinski definition) is 6. The highest BCUT2D eigenvalue weighted by Crippen LogP contribution is 2.26. The monoisotopic (exact) mass is 345 g/mol. The van der Waals surface area contributed by atoms with Gasteiger partial charge in [-0.25, -0.2) is 4.98 Å². The molecule has 1 atom stereocenters. The van der Waals surface area contributed by atoms with E-state index in [0.29, 0.717) is 32.0 Å². The van der Waals surface area contributed by atoms with Gasteiger partial charge in [0.2, 0.25) is 0 Å². The molecule has 25 heavy (non-hydrogen) atoms. The lowest BCUT2D eigenvalue weighted by atomic mass is 10.2. The number of hydrogen-bond donors (Lipinski definition) is 0. The third-order valence-corrected chi connectivity index (χ3v) is 4.92. The van der Waals surface area contributed by atoms with Gasteiger partial charge in [-0.3, -0.25) is 9.69 Å². The molecule has 0 bridgehead atoms. The summed E-state index contributed by atoms with van der Waals surface area (Å²) in [6.07, 6.45) is 1.89.